The summed E-state index contributed by atoms with van der Waals surface area (Å²) >= 11 is 0. The van der Waals surface area contributed by atoms with Gasteiger partial charge < -0.3 is 34.3 Å². The van der Waals surface area contributed by atoms with Crippen LogP contribution in [0.1, 0.15) is 29.0 Å². The van der Waals surface area contributed by atoms with E-state index < -0.39 is 42.9 Å². The molecule has 1 aliphatic rings. The minimum atomic E-state index is -1.48. The maximum Gasteiger partial charge on any atom is 0.407 e. The summed E-state index contributed by atoms with van der Waals surface area (Å²) < 4.78 is 21.2. The van der Waals surface area contributed by atoms with Crippen molar-refractivity contribution in [2.45, 2.75) is 24.9 Å². The van der Waals surface area contributed by atoms with Crippen LogP contribution in [0.5, 0.6) is 11.5 Å². The van der Waals surface area contributed by atoms with Gasteiger partial charge >= 0.3 is 18.0 Å². The van der Waals surface area contributed by atoms with E-state index in [1.807, 2.05) is 48.5 Å². The second-order valence-electron chi connectivity index (χ2n) is 9.96. The average Bonchev–Trinajstić information content (AvgIpc) is 3.35. The molecular weight excluding hydrogens is 568 g/mol. The maximum atomic E-state index is 13.7. The number of hydrogen-bond acceptors (Lipinski definition) is 8. The molecule has 0 bridgehead atoms. The first-order chi connectivity index (χ1) is 21.2. The summed E-state index contributed by atoms with van der Waals surface area (Å²) in [7, 11) is 2.92. The molecule has 4 rings (SSSR count). The zero-order chi connectivity index (χ0) is 31.6. The normalized spacial score (nSPS) is 12.2. The summed E-state index contributed by atoms with van der Waals surface area (Å²) in [6, 6.07) is 19.1. The molecule has 0 radical (unpaired) electrons. The lowest BCUT2D eigenvalue weighted by molar-refractivity contribution is -0.149. The first-order valence-electron chi connectivity index (χ1n) is 13.8. The highest BCUT2D eigenvalue weighted by atomic mass is 16.6. The Kier molecular flexibility index (Phi) is 10.6. The Labute approximate surface area is 255 Å². The fourth-order valence-corrected chi connectivity index (χ4v) is 5.14. The molecule has 3 aromatic carbocycles. The third-order valence-electron chi connectivity index (χ3n) is 7.16. The van der Waals surface area contributed by atoms with E-state index in [0.717, 1.165) is 27.2 Å². The smallest absolute Gasteiger partial charge is 0.407 e. The summed E-state index contributed by atoms with van der Waals surface area (Å²) in [6.07, 6.45) is -0.147. The van der Waals surface area contributed by atoms with E-state index in [4.69, 9.17) is 18.9 Å². The average molecular weight is 603 g/mol. The van der Waals surface area contributed by atoms with Crippen molar-refractivity contribution in [2.75, 3.05) is 34.0 Å². The third-order valence-corrected chi connectivity index (χ3v) is 7.16. The molecule has 0 unspecified atom stereocenters. The zero-order valence-corrected chi connectivity index (χ0v) is 24.5. The fourth-order valence-electron chi connectivity index (χ4n) is 5.14. The van der Waals surface area contributed by atoms with Crippen molar-refractivity contribution in [1.82, 2.24) is 10.2 Å². The van der Waals surface area contributed by atoms with Crippen LogP contribution in [0.2, 0.25) is 0 Å². The Morgan fingerprint density at radius 2 is 1.61 bits per heavy atom. The van der Waals surface area contributed by atoms with Crippen molar-refractivity contribution in [1.29, 1.82) is 0 Å². The number of carbonyl (C=O) groups excluding carboxylic acids is 3. The van der Waals surface area contributed by atoms with E-state index in [-0.39, 0.29) is 25.7 Å². The number of ether oxygens (including phenoxy) is 4. The fraction of sp³-hybridized carbons (Fsp3) is 0.273. The van der Waals surface area contributed by atoms with Gasteiger partial charge in [0, 0.05) is 17.5 Å². The third kappa shape index (κ3) is 7.54. The van der Waals surface area contributed by atoms with E-state index in [0.29, 0.717) is 17.1 Å². The van der Waals surface area contributed by atoms with Gasteiger partial charge in [-0.1, -0.05) is 61.2 Å². The molecule has 11 heteroatoms. The highest BCUT2D eigenvalue weighted by molar-refractivity contribution is 5.91. The van der Waals surface area contributed by atoms with E-state index in [1.165, 1.54) is 20.3 Å². The van der Waals surface area contributed by atoms with E-state index in [9.17, 15) is 24.3 Å². The molecule has 0 fully saturated rings. The lowest BCUT2D eigenvalue weighted by Gasteiger charge is -2.27. The number of benzene rings is 3. The van der Waals surface area contributed by atoms with Crippen LogP contribution in [-0.2, 0) is 30.4 Å². The number of aliphatic carboxylic acids is 1. The first-order valence-corrected chi connectivity index (χ1v) is 13.8. The second-order valence-corrected chi connectivity index (χ2v) is 9.96. The summed E-state index contributed by atoms with van der Waals surface area (Å²) in [5, 5.41) is 12.0. The number of methoxy groups -OCH3 is 2. The molecule has 0 heterocycles. The minimum absolute atomic E-state index is 0.0242. The van der Waals surface area contributed by atoms with Gasteiger partial charge in [-0.05, 0) is 34.4 Å². The van der Waals surface area contributed by atoms with Gasteiger partial charge in [0.05, 0.1) is 27.2 Å². The van der Waals surface area contributed by atoms with Crippen LogP contribution in [0.25, 0.3) is 11.1 Å². The molecule has 3 aromatic rings. The Morgan fingerprint density at radius 1 is 0.955 bits per heavy atom. The number of hydrogen-bond donors (Lipinski definition) is 2. The SMILES string of the molecule is C=CCOC(=O)C[C@H](NC(=O)OCC1c2ccccc2-c2ccccc21)C(=O)N(CC(=O)O)Cc1ccc(OC)cc1OC. The number of nitrogens with zero attached hydrogens (tertiary/aromatic N) is 1. The molecule has 230 valence electrons. The van der Waals surface area contributed by atoms with Crippen LogP contribution in [0.3, 0.4) is 0 Å². The van der Waals surface area contributed by atoms with Crippen LogP contribution in [0, 0.1) is 0 Å². The molecule has 0 aliphatic heterocycles. The highest BCUT2D eigenvalue weighted by Crippen LogP contribution is 2.44. The summed E-state index contributed by atoms with van der Waals surface area (Å²) in [6.45, 7) is 2.47. The van der Waals surface area contributed by atoms with Crippen molar-refractivity contribution < 1.29 is 43.2 Å². The van der Waals surface area contributed by atoms with Crippen molar-refractivity contribution in [3.8, 4) is 22.6 Å². The highest BCUT2D eigenvalue weighted by Gasteiger charge is 2.33. The second kappa shape index (κ2) is 14.7. The standard InChI is InChI=1S/C33H34N2O9/c1-4-15-43-31(38)17-28(32(39)35(19-30(36)37)18-21-13-14-22(41-2)16-29(21)42-3)34-33(40)44-20-27-25-11-7-5-9-23(25)24-10-6-8-12-26(24)27/h4-14,16,27-28H,1,15,17-20H2,2-3H3,(H,34,40)(H,36,37)/t28-/m0/s1. The number of carboxylic acids is 1. The zero-order valence-electron chi connectivity index (χ0n) is 24.5. The van der Waals surface area contributed by atoms with Gasteiger partial charge in [-0.3, -0.25) is 14.4 Å². The Hall–Kier alpha value is -5.32. The lowest BCUT2D eigenvalue weighted by atomic mass is 9.98. The molecule has 0 saturated heterocycles. The van der Waals surface area contributed by atoms with Gasteiger partial charge in [0.15, 0.2) is 0 Å². The van der Waals surface area contributed by atoms with Crippen molar-refractivity contribution in [3.63, 3.8) is 0 Å². The summed E-state index contributed by atoms with van der Waals surface area (Å²) in [5.41, 5.74) is 4.59. The number of fused-ring (bicyclic) bond motifs is 3. The lowest BCUT2D eigenvalue weighted by Crippen LogP contribution is -2.51. The van der Waals surface area contributed by atoms with Crippen LogP contribution < -0.4 is 14.8 Å². The van der Waals surface area contributed by atoms with Gasteiger partial charge in [0.25, 0.3) is 0 Å². The van der Waals surface area contributed by atoms with Gasteiger partial charge in [-0.25, -0.2) is 4.79 Å². The van der Waals surface area contributed by atoms with Crippen LogP contribution in [-0.4, -0.2) is 74.0 Å². The van der Waals surface area contributed by atoms with Crippen molar-refractivity contribution in [3.05, 3.63) is 96.1 Å². The minimum Gasteiger partial charge on any atom is -0.497 e. The van der Waals surface area contributed by atoms with Gasteiger partial charge in [0.2, 0.25) is 5.91 Å². The van der Waals surface area contributed by atoms with E-state index in [2.05, 4.69) is 11.9 Å². The largest absolute Gasteiger partial charge is 0.497 e. The van der Waals surface area contributed by atoms with Gasteiger partial charge in [-0.2, -0.15) is 0 Å². The Balaban J connectivity index is 1.53. The van der Waals surface area contributed by atoms with Crippen LogP contribution in [0.4, 0.5) is 4.79 Å². The molecule has 2 N–H and O–H groups in total. The molecule has 0 aromatic heterocycles. The summed E-state index contributed by atoms with van der Waals surface area (Å²) in [4.78, 5) is 52.1. The monoisotopic (exact) mass is 602 g/mol. The molecule has 44 heavy (non-hydrogen) atoms. The Morgan fingerprint density at radius 3 is 2.20 bits per heavy atom. The number of carboxylic acid groups (broad SMARTS) is 1. The van der Waals surface area contributed by atoms with Crippen molar-refractivity contribution >= 4 is 23.9 Å². The number of nitrogens with one attached hydrogen (secondary N) is 1. The first kappa shape index (κ1) is 31.6. The van der Waals surface area contributed by atoms with Crippen molar-refractivity contribution in [2.24, 2.45) is 0 Å². The number of rotatable bonds is 14. The quantitative estimate of drug-likeness (QED) is 0.206. The predicted molar refractivity (Wildman–Crippen MR) is 160 cm³/mol. The molecule has 1 atom stereocenters. The number of alkyl carbamates (subject to hydrolysis) is 1. The molecule has 1 aliphatic carbocycles. The van der Waals surface area contributed by atoms with Gasteiger partial charge in [-0.15, -0.1) is 0 Å². The number of carbonyl (C=O) groups is 4. The number of esters is 1. The molecule has 11 nitrogen and oxygen atoms in total. The molecule has 0 spiro atoms. The van der Waals surface area contributed by atoms with E-state index in [1.54, 1.807) is 18.2 Å². The van der Waals surface area contributed by atoms with Crippen LogP contribution >= 0.6 is 0 Å². The Bertz CT molecular complexity index is 1490. The number of amides is 2. The molecular formula is C33H34N2O9. The molecule has 2 amide bonds. The molecule has 0 saturated carbocycles. The van der Waals surface area contributed by atoms with Gasteiger partial charge in [0.1, 0.15) is 37.3 Å². The predicted octanol–water partition coefficient (Wildman–Crippen LogP) is 4.14. The topological polar surface area (TPSA) is 141 Å². The van der Waals surface area contributed by atoms with E-state index >= 15 is 0 Å². The maximum absolute atomic E-state index is 13.7. The summed E-state index contributed by atoms with van der Waals surface area (Å²) in [5.74, 6) is -2.28. The van der Waals surface area contributed by atoms with Crippen LogP contribution in [0.15, 0.2) is 79.4 Å².